The van der Waals surface area contributed by atoms with Gasteiger partial charge in [0.25, 0.3) is 0 Å². The zero-order valence-corrected chi connectivity index (χ0v) is 59.5. The lowest BCUT2D eigenvalue weighted by Gasteiger charge is -2.64. The van der Waals surface area contributed by atoms with Crippen LogP contribution in [0.4, 0.5) is 15.1 Å². The average Bonchev–Trinajstić information content (AvgIpc) is 1.39. The normalized spacial score (nSPS) is 19.9. The molecule has 6 heterocycles. The molecule has 7 aromatic rings. The molecule has 3 aliphatic carbocycles. The minimum Gasteiger partial charge on any atom is -0.535 e. The van der Waals surface area contributed by atoms with Crippen LogP contribution in [0.2, 0.25) is 11.6 Å². The van der Waals surface area contributed by atoms with Crippen LogP contribution in [0.1, 0.15) is 128 Å². The van der Waals surface area contributed by atoms with Gasteiger partial charge in [-0.25, -0.2) is 41.2 Å². The Labute approximate surface area is 590 Å². The molecule has 98 heavy (non-hydrogen) atoms. The van der Waals surface area contributed by atoms with E-state index >= 15 is 0 Å². The predicted molar refractivity (Wildman–Crippen MR) is 371 cm³/mol. The van der Waals surface area contributed by atoms with Crippen molar-refractivity contribution < 1.29 is 79.1 Å². The fourth-order valence-electron chi connectivity index (χ4n) is 12.5. The molecule has 518 valence electrons. The highest BCUT2D eigenvalue weighted by Gasteiger charge is 2.68. The van der Waals surface area contributed by atoms with E-state index in [1.165, 1.54) is 66.8 Å². The number of pyridine rings is 2. The number of nitrogen functional groups attached to an aromatic ring is 1. The number of ether oxygens (including phenoxy) is 3. The molecule has 2 bridgehead atoms. The lowest BCUT2D eigenvalue weighted by atomic mass is 9.43. The predicted octanol–water partition coefficient (Wildman–Crippen LogP) is 10.5. The number of carbonyl (C=O) groups excluding carboxylic acids is 4. The number of sulfonamides is 2. The fraction of sp³-hybridized carbons (Fsp3) is 0.381. The number of nitrogens with two attached hydrogens (primary N) is 1. The van der Waals surface area contributed by atoms with Gasteiger partial charge >= 0.3 is 37.2 Å². The Bertz CT molecular complexity index is 4240. The lowest BCUT2D eigenvalue weighted by Crippen LogP contribution is -2.65. The van der Waals surface area contributed by atoms with Crippen molar-refractivity contribution in [2.45, 2.75) is 137 Å². The molecule has 1 amide bonds. The largest absolute Gasteiger partial charge is 0.535 e. The van der Waals surface area contributed by atoms with Crippen LogP contribution < -0.4 is 29.9 Å². The molecule has 1 saturated heterocycles. The molecule has 12 rings (SSSR count). The molecule has 3 saturated carbocycles. The van der Waals surface area contributed by atoms with Gasteiger partial charge in [-0.2, -0.15) is 43.8 Å². The number of rotatable bonds is 23. The second kappa shape index (κ2) is 31.6. The van der Waals surface area contributed by atoms with E-state index in [9.17, 15) is 50.9 Å². The number of para-hydroxylation sites is 2. The number of nitrogens with one attached hydrogen (secondary N) is 3. The van der Waals surface area contributed by atoms with Crippen LogP contribution in [0.15, 0.2) is 136 Å². The van der Waals surface area contributed by atoms with Gasteiger partial charge in [-0.1, -0.05) is 68.4 Å². The standard InChI is InChI=1S/C43H51BN4O10S2.C20H19BN4O7S2.BCl3/c1-41(2,3)56-38(50)31-17-11-15-27(37(31)54-7)19-29(44-57-35-21-28-20-34(42(28,4)5)43(35,6)58-44)22-33(49)36(48-60(52,53)30-16-12-18-45-23-30)32-25-59-39(46-32)47-40(51)55-24-26-13-9-8-10-14-26;22-20-24-15(10-33-20)17(25-34(30,31)13-4-2-6-23-9-13)16(26)8-12-7-11-3-1-5-14(19(27)28)18(11)32-21(12)29;2-1(3)4/h8-18,23,25,28-29,34-36,48H,19-22,24H2,1-7H3,(H,46,47,51);1-6,9-10,12,17,25,29H,7-8H2,(H2,22,24)(H,27,28);/t28-,29+,34-,35?,36?,43-;12-,17?;/m01./s1. The Morgan fingerprint density at radius 2 is 1.43 bits per heavy atom. The Kier molecular flexibility index (Phi) is 24.3. The molecule has 8 atom stereocenters. The number of anilines is 2. The van der Waals surface area contributed by atoms with Crippen LogP contribution in [0, 0.1) is 17.3 Å². The van der Waals surface area contributed by atoms with Crippen molar-refractivity contribution in [1.82, 2.24) is 29.4 Å². The number of hydrogen-bond acceptors (Lipinski definition) is 23. The molecule has 0 spiro atoms. The van der Waals surface area contributed by atoms with E-state index in [-0.39, 0.29) is 104 Å². The summed E-state index contributed by atoms with van der Waals surface area (Å²) in [7, 11) is -9.31. The quantitative estimate of drug-likeness (QED) is 0.0256. The summed E-state index contributed by atoms with van der Waals surface area (Å²) in [6.07, 6.45) is 5.86. The van der Waals surface area contributed by atoms with Crippen LogP contribution in [0.5, 0.6) is 11.5 Å². The Morgan fingerprint density at radius 1 is 0.816 bits per heavy atom. The van der Waals surface area contributed by atoms with Gasteiger partial charge in [0.2, 0.25) is 20.0 Å². The molecule has 4 aromatic heterocycles. The van der Waals surface area contributed by atoms with Crippen LogP contribution in [-0.2, 0) is 67.9 Å². The molecule has 5 aliphatic rings. The molecule has 0 radical (unpaired) electrons. The molecule has 7 N–H and O–H groups in total. The summed E-state index contributed by atoms with van der Waals surface area (Å²) >= 11 is 16.5. The number of benzene rings is 3. The molecular weight excluding hydrogens is 1410 g/mol. The number of aromatic nitrogens is 4. The van der Waals surface area contributed by atoms with Crippen molar-refractivity contribution in [3.8, 4) is 11.5 Å². The fourth-order valence-corrected chi connectivity index (χ4v) is 16.1. The number of esters is 1. The third kappa shape index (κ3) is 18.3. The van der Waals surface area contributed by atoms with E-state index in [4.69, 9.17) is 68.3 Å². The summed E-state index contributed by atoms with van der Waals surface area (Å²) in [4.78, 5) is 81.0. The number of fused-ring (bicyclic) bond motifs is 1. The highest BCUT2D eigenvalue weighted by atomic mass is 35.6. The molecule has 2 aliphatic heterocycles. The van der Waals surface area contributed by atoms with E-state index in [0.29, 0.717) is 17.0 Å². The number of Topliss-reactive ketones (excluding diaryl/α,β-unsaturated/α-hetero) is 2. The summed E-state index contributed by atoms with van der Waals surface area (Å²) in [5.41, 5.74) is 6.61. The second-order valence-electron chi connectivity index (χ2n) is 25.3. The van der Waals surface area contributed by atoms with Crippen LogP contribution in [-0.4, -0.2) is 120 Å². The van der Waals surface area contributed by atoms with Gasteiger partial charge in [-0.3, -0.25) is 24.9 Å². The van der Waals surface area contributed by atoms with Crippen LogP contribution in [0.3, 0.4) is 0 Å². The number of carboxylic acid groups (broad SMARTS) is 1. The Hall–Kier alpha value is -7.07. The smallest absolute Gasteiger partial charge is 0.526 e. The maximum absolute atomic E-state index is 14.9. The molecule has 3 unspecified atom stereocenters. The number of ketones is 2. The maximum atomic E-state index is 14.9. The van der Waals surface area contributed by atoms with Crippen LogP contribution in [0.25, 0.3) is 0 Å². The van der Waals surface area contributed by atoms with Crippen molar-refractivity contribution in [3.05, 3.63) is 166 Å². The number of thiazole rings is 2. The molecule has 3 aromatic carbocycles. The first-order valence-corrected chi connectivity index (χ1v) is 36.7. The SMILES string of the molecule is COc1c(C[C@H](CC(=O)C(NS(=O)(=O)c2cccnc2)c2csc(NC(=O)OCc3ccccc3)n2)B2OC3C[C@@H]4C[C@@H](C4(C)C)[C@]3(C)O2)cccc1C(=O)OC(C)(C)C.ClB(Cl)Cl.Nc1nc(C(NS(=O)(=O)c2cccnc2)C(=O)C[C@H]2Cc3cccc(C(=O)O)c3OB2O)cs1. The number of carbonyl (C=O) groups is 5. The van der Waals surface area contributed by atoms with Gasteiger partial charge < -0.3 is 44.0 Å². The topological polar surface area (TPSA) is 363 Å². The first kappa shape index (κ1) is 75.1. The first-order chi connectivity index (χ1) is 46.3. The van der Waals surface area contributed by atoms with Gasteiger partial charge in [0.05, 0.1) is 35.8 Å². The van der Waals surface area contributed by atoms with E-state index in [0.717, 1.165) is 47.3 Å². The zero-order chi connectivity index (χ0) is 71.1. The van der Waals surface area contributed by atoms with Gasteiger partial charge in [-0.05, 0) is 124 Å². The molecule has 25 nitrogen and oxygen atoms in total. The number of hydrogen-bond donors (Lipinski definition) is 6. The Morgan fingerprint density at radius 3 is 2.01 bits per heavy atom. The second-order valence-corrected chi connectivity index (χ2v) is 32.5. The van der Waals surface area contributed by atoms with E-state index in [1.54, 1.807) is 45.0 Å². The summed E-state index contributed by atoms with van der Waals surface area (Å²) in [5.74, 6) is -3.25. The van der Waals surface area contributed by atoms with Crippen LogP contribution >= 0.6 is 57.1 Å². The number of halogens is 3. The lowest BCUT2D eigenvalue weighted by molar-refractivity contribution is -0.199. The summed E-state index contributed by atoms with van der Waals surface area (Å²) in [6.45, 7) is 12.0. The number of aromatic carboxylic acids is 1. The number of nitrogens with zero attached hydrogens (tertiary/aromatic N) is 4. The van der Waals surface area contributed by atoms with Crippen molar-refractivity contribution in [1.29, 1.82) is 0 Å². The minimum atomic E-state index is -4.32. The third-order valence-electron chi connectivity index (χ3n) is 17.3. The number of amides is 1. The van der Waals surface area contributed by atoms with Crippen molar-refractivity contribution in [2.24, 2.45) is 17.3 Å². The molecular formula is C63H70B3Cl3N8O17S4. The van der Waals surface area contributed by atoms with E-state index < -0.39 is 104 Å². The van der Waals surface area contributed by atoms with Gasteiger partial charge in [0.15, 0.2) is 21.8 Å². The highest BCUT2D eigenvalue weighted by Crippen LogP contribution is 2.66. The van der Waals surface area contributed by atoms with Gasteiger partial charge in [-0.15, -0.1) is 22.7 Å². The zero-order valence-electron chi connectivity index (χ0n) is 54.0. The summed E-state index contributed by atoms with van der Waals surface area (Å²) in [5, 5.41) is 25.7. The average molecular weight is 1480 g/mol. The van der Waals surface area contributed by atoms with E-state index in [1.807, 2.05) is 36.4 Å². The van der Waals surface area contributed by atoms with Crippen molar-refractivity contribution in [3.63, 3.8) is 0 Å². The molecule has 4 fully saturated rings. The number of methoxy groups -OCH3 is 1. The maximum Gasteiger partial charge on any atom is 0.526 e. The monoisotopic (exact) mass is 1480 g/mol. The van der Waals surface area contributed by atoms with Crippen molar-refractivity contribution >= 4 is 136 Å². The summed E-state index contributed by atoms with van der Waals surface area (Å²) < 4.78 is 94.3. The Balaban J connectivity index is 0.000000249. The van der Waals surface area contributed by atoms with E-state index in [2.05, 4.69) is 55.5 Å². The number of carboxylic acids is 1. The third-order valence-corrected chi connectivity index (χ3v) is 21.6. The highest BCUT2D eigenvalue weighted by molar-refractivity contribution is 7.89. The minimum absolute atomic E-state index is 0.0217. The molecule has 35 heteroatoms. The first-order valence-electron chi connectivity index (χ1n) is 30.7. The van der Waals surface area contributed by atoms with Gasteiger partial charge in [0, 0.05) is 60.0 Å². The van der Waals surface area contributed by atoms with Crippen molar-refractivity contribution in [2.75, 3.05) is 18.2 Å². The summed E-state index contributed by atoms with van der Waals surface area (Å²) in [6, 6.07) is 21.6. The van der Waals surface area contributed by atoms with Gasteiger partial charge in [0.1, 0.15) is 51.1 Å².